The number of aromatic nitrogens is 2. The summed E-state index contributed by atoms with van der Waals surface area (Å²) in [4.78, 5) is 29.4. The maximum absolute atomic E-state index is 13.2. The van der Waals surface area contributed by atoms with Crippen molar-refractivity contribution in [3.8, 4) is 5.69 Å². The molecule has 1 fully saturated rings. The summed E-state index contributed by atoms with van der Waals surface area (Å²) in [7, 11) is 2.12. The number of nitrogens with zero attached hydrogens (tertiary/aromatic N) is 3. The molecule has 1 saturated heterocycles. The number of anilines is 1. The minimum absolute atomic E-state index is 0.115. The van der Waals surface area contributed by atoms with Crippen molar-refractivity contribution in [3.63, 3.8) is 0 Å². The van der Waals surface area contributed by atoms with Gasteiger partial charge in [0.1, 0.15) is 11.4 Å². The van der Waals surface area contributed by atoms with Crippen LogP contribution in [0, 0.1) is 0 Å². The van der Waals surface area contributed by atoms with E-state index in [0.29, 0.717) is 30.0 Å². The van der Waals surface area contributed by atoms with E-state index in [4.69, 9.17) is 0 Å². The number of hydrogen-bond donors (Lipinski definition) is 2. The summed E-state index contributed by atoms with van der Waals surface area (Å²) >= 11 is 3.38. The van der Waals surface area contributed by atoms with Crippen LogP contribution in [-0.4, -0.2) is 59.7 Å². The molecule has 154 valence electrons. The Morgan fingerprint density at radius 1 is 1.03 bits per heavy atom. The number of likely N-dealkylation sites (N-methyl/N-ethyl adjacent to an activating group) is 1. The molecule has 1 aliphatic heterocycles. The number of halogens is 1. The second-order valence-corrected chi connectivity index (χ2v) is 8.28. The molecule has 0 radical (unpaired) electrons. The van der Waals surface area contributed by atoms with Gasteiger partial charge in [-0.1, -0.05) is 34.1 Å². The van der Waals surface area contributed by atoms with Crippen LogP contribution in [0.2, 0.25) is 0 Å². The number of piperazine rings is 1. The molecule has 7 nitrogen and oxygen atoms in total. The Labute approximate surface area is 183 Å². The second-order valence-electron chi connectivity index (χ2n) is 7.36. The number of rotatable bonds is 4. The van der Waals surface area contributed by atoms with Gasteiger partial charge in [-0.25, -0.2) is 4.68 Å². The van der Waals surface area contributed by atoms with Crippen molar-refractivity contribution in [1.29, 1.82) is 0 Å². The van der Waals surface area contributed by atoms with Crippen LogP contribution >= 0.6 is 15.9 Å². The summed E-state index contributed by atoms with van der Waals surface area (Å²) in [5, 5.41) is 7.34. The van der Waals surface area contributed by atoms with Gasteiger partial charge < -0.3 is 15.1 Å². The molecule has 30 heavy (non-hydrogen) atoms. The van der Waals surface area contributed by atoms with Gasteiger partial charge in [-0.15, -0.1) is 0 Å². The molecule has 2 heterocycles. The number of para-hydroxylation sites is 1. The smallest absolute Gasteiger partial charge is 0.259 e. The van der Waals surface area contributed by atoms with Crippen molar-refractivity contribution in [2.75, 3.05) is 38.5 Å². The predicted molar refractivity (Wildman–Crippen MR) is 118 cm³/mol. The average molecular weight is 469 g/mol. The topological polar surface area (TPSA) is 71.7 Å². The maximum Gasteiger partial charge on any atom is 0.259 e. The summed E-state index contributed by atoms with van der Waals surface area (Å²) in [6, 6.07) is 16.5. The lowest BCUT2D eigenvalue weighted by Gasteiger charge is -2.30. The van der Waals surface area contributed by atoms with Crippen molar-refractivity contribution in [2.45, 2.75) is 0 Å². The molecule has 0 atom stereocenters. The Morgan fingerprint density at radius 2 is 1.70 bits per heavy atom. The van der Waals surface area contributed by atoms with Crippen molar-refractivity contribution in [2.24, 2.45) is 0 Å². The van der Waals surface area contributed by atoms with Crippen LogP contribution in [0.1, 0.15) is 20.7 Å². The van der Waals surface area contributed by atoms with Gasteiger partial charge in [-0.2, -0.15) is 5.10 Å². The first-order valence-corrected chi connectivity index (χ1v) is 10.6. The van der Waals surface area contributed by atoms with Gasteiger partial charge in [-0.05, 0) is 36.4 Å². The number of quaternary nitrogens is 1. The Kier molecular flexibility index (Phi) is 5.96. The average Bonchev–Trinajstić information content (AvgIpc) is 3.18. The maximum atomic E-state index is 13.2. The number of nitrogens with one attached hydrogen (secondary N) is 2. The number of carbonyl (C=O) groups excluding carboxylic acids is 2. The molecule has 2 N–H and O–H groups in total. The molecule has 2 amide bonds. The summed E-state index contributed by atoms with van der Waals surface area (Å²) in [6.07, 6.45) is 1.54. The Balaban J connectivity index is 1.68. The van der Waals surface area contributed by atoms with E-state index in [1.807, 2.05) is 47.4 Å². The molecule has 2 aromatic carbocycles. The van der Waals surface area contributed by atoms with Gasteiger partial charge in [-0.3, -0.25) is 9.59 Å². The third kappa shape index (κ3) is 4.29. The molecule has 3 aromatic rings. The third-order valence-corrected chi connectivity index (χ3v) is 5.77. The standard InChI is InChI=1S/C22H22BrN5O2/c1-26-11-13-27(14-12-26)22(30)19-15-24-28(18-5-3-2-4-6-18)20(19)25-21(29)16-7-9-17(23)10-8-16/h2-10,15H,11-14H2,1H3,(H,25,29)/p+1. The Bertz CT molecular complexity index is 1040. The quantitative estimate of drug-likeness (QED) is 0.613. The van der Waals surface area contributed by atoms with Crippen molar-refractivity contribution in [3.05, 3.63) is 76.4 Å². The summed E-state index contributed by atoms with van der Waals surface area (Å²) < 4.78 is 2.49. The fourth-order valence-electron chi connectivity index (χ4n) is 3.43. The lowest BCUT2D eigenvalue weighted by molar-refractivity contribution is -0.883. The highest BCUT2D eigenvalue weighted by molar-refractivity contribution is 9.10. The molecule has 4 rings (SSSR count). The lowest BCUT2D eigenvalue weighted by Crippen LogP contribution is -3.12. The Morgan fingerprint density at radius 3 is 2.37 bits per heavy atom. The zero-order chi connectivity index (χ0) is 21.1. The van der Waals surface area contributed by atoms with Gasteiger partial charge in [0.15, 0.2) is 0 Å². The highest BCUT2D eigenvalue weighted by Gasteiger charge is 2.28. The van der Waals surface area contributed by atoms with Gasteiger partial charge >= 0.3 is 0 Å². The number of carbonyl (C=O) groups is 2. The molecule has 0 bridgehead atoms. The van der Waals surface area contributed by atoms with Crippen LogP contribution in [-0.2, 0) is 0 Å². The molecular weight excluding hydrogens is 446 g/mol. The van der Waals surface area contributed by atoms with Crippen LogP contribution < -0.4 is 10.2 Å². The van der Waals surface area contributed by atoms with Crippen LogP contribution in [0.3, 0.4) is 0 Å². The summed E-state index contributed by atoms with van der Waals surface area (Å²) in [5.74, 6) is -0.0294. The van der Waals surface area contributed by atoms with Crippen LogP contribution in [0.15, 0.2) is 65.3 Å². The summed E-state index contributed by atoms with van der Waals surface area (Å²) in [6.45, 7) is 3.17. The highest BCUT2D eigenvalue weighted by atomic mass is 79.9. The molecule has 0 saturated carbocycles. The number of benzene rings is 2. The molecule has 8 heteroatoms. The predicted octanol–water partition coefficient (Wildman–Crippen LogP) is 1.86. The molecular formula is C22H23BrN5O2+. The first-order valence-electron chi connectivity index (χ1n) is 9.84. The third-order valence-electron chi connectivity index (χ3n) is 5.24. The van der Waals surface area contributed by atoms with Crippen molar-refractivity contribution >= 4 is 33.6 Å². The fourth-order valence-corrected chi connectivity index (χ4v) is 3.70. The highest BCUT2D eigenvalue weighted by Crippen LogP contribution is 2.23. The lowest BCUT2D eigenvalue weighted by atomic mass is 10.2. The van der Waals surface area contributed by atoms with E-state index in [9.17, 15) is 9.59 Å². The Hall–Kier alpha value is -2.97. The van der Waals surface area contributed by atoms with Gasteiger partial charge in [0.2, 0.25) is 0 Å². The van der Waals surface area contributed by atoms with E-state index in [1.54, 1.807) is 16.8 Å². The zero-order valence-electron chi connectivity index (χ0n) is 16.6. The molecule has 0 aliphatic carbocycles. The van der Waals surface area contributed by atoms with E-state index >= 15 is 0 Å². The first-order chi connectivity index (χ1) is 14.5. The molecule has 1 aromatic heterocycles. The van der Waals surface area contributed by atoms with Crippen molar-refractivity contribution in [1.82, 2.24) is 14.7 Å². The number of amides is 2. The zero-order valence-corrected chi connectivity index (χ0v) is 18.2. The summed E-state index contributed by atoms with van der Waals surface area (Å²) in [5.41, 5.74) is 1.66. The first kappa shape index (κ1) is 20.3. The molecule has 1 aliphatic rings. The van der Waals surface area contributed by atoms with Gasteiger partial charge in [0.25, 0.3) is 11.8 Å². The number of hydrogen-bond acceptors (Lipinski definition) is 3. The minimum atomic E-state index is -0.294. The van der Waals surface area contributed by atoms with E-state index in [2.05, 4.69) is 33.4 Å². The molecule has 0 unspecified atom stereocenters. The van der Waals surface area contributed by atoms with E-state index < -0.39 is 0 Å². The largest absolute Gasteiger partial charge is 0.334 e. The normalized spacial score (nSPS) is 14.5. The fraction of sp³-hybridized carbons (Fsp3) is 0.227. The van der Waals surface area contributed by atoms with Gasteiger partial charge in [0.05, 0.1) is 45.1 Å². The monoisotopic (exact) mass is 468 g/mol. The van der Waals surface area contributed by atoms with E-state index in [0.717, 1.165) is 23.2 Å². The SMILES string of the molecule is C[NH+]1CCN(C(=O)c2cnn(-c3ccccc3)c2NC(=O)c2ccc(Br)cc2)CC1. The van der Waals surface area contributed by atoms with Crippen LogP contribution in [0.5, 0.6) is 0 Å². The van der Waals surface area contributed by atoms with E-state index in [-0.39, 0.29) is 11.8 Å². The van der Waals surface area contributed by atoms with Gasteiger partial charge in [0, 0.05) is 10.0 Å². The van der Waals surface area contributed by atoms with Crippen molar-refractivity contribution < 1.29 is 14.5 Å². The molecule has 0 spiro atoms. The van der Waals surface area contributed by atoms with Crippen LogP contribution in [0.4, 0.5) is 5.82 Å². The van der Waals surface area contributed by atoms with Crippen LogP contribution in [0.25, 0.3) is 5.69 Å². The van der Waals surface area contributed by atoms with E-state index in [1.165, 1.54) is 11.1 Å². The minimum Gasteiger partial charge on any atom is -0.334 e. The second kappa shape index (κ2) is 8.81.